The Hall–Kier alpha value is -3.74. The van der Waals surface area contributed by atoms with E-state index in [1.54, 1.807) is 37.0 Å². The molecule has 7 nitrogen and oxygen atoms in total. The van der Waals surface area contributed by atoms with Crippen LogP contribution in [0.5, 0.6) is 0 Å². The number of fused-ring (bicyclic) bond motifs is 1. The first-order valence-corrected chi connectivity index (χ1v) is 8.03. The molecule has 0 radical (unpaired) electrons. The fraction of sp³-hybridized carbons (Fsp3) is 0.0526. The lowest BCUT2D eigenvalue weighted by atomic mass is 10.2. The number of furan rings is 1. The number of hydrogen-bond donors (Lipinski definition) is 2. The number of nitrogens with one attached hydrogen (secondary N) is 2. The van der Waals surface area contributed by atoms with Gasteiger partial charge in [0.15, 0.2) is 5.76 Å². The van der Waals surface area contributed by atoms with Gasteiger partial charge < -0.3 is 15.1 Å². The van der Waals surface area contributed by atoms with E-state index in [0.29, 0.717) is 22.8 Å². The van der Waals surface area contributed by atoms with Gasteiger partial charge in [0.2, 0.25) is 0 Å². The summed E-state index contributed by atoms with van der Waals surface area (Å²) in [5, 5.41) is 6.52. The third-order valence-corrected chi connectivity index (χ3v) is 3.84. The second-order valence-electron chi connectivity index (χ2n) is 5.51. The number of carbonyl (C=O) groups excluding carboxylic acids is 1. The molecule has 2 N–H and O–H groups in total. The Balaban J connectivity index is 1.48. The summed E-state index contributed by atoms with van der Waals surface area (Å²) >= 11 is 0. The van der Waals surface area contributed by atoms with Crippen molar-refractivity contribution in [2.75, 3.05) is 5.32 Å². The number of benzene rings is 1. The zero-order valence-electron chi connectivity index (χ0n) is 13.7. The smallest absolute Gasteiger partial charge is 0.319 e. The van der Waals surface area contributed by atoms with Gasteiger partial charge in [0.1, 0.15) is 5.69 Å². The highest BCUT2D eigenvalue weighted by atomic mass is 16.3. The maximum Gasteiger partial charge on any atom is 0.319 e. The van der Waals surface area contributed by atoms with Crippen LogP contribution in [0, 0.1) is 0 Å². The molecule has 0 aliphatic rings. The topological polar surface area (TPSA) is 92.9 Å². The highest BCUT2D eigenvalue weighted by Crippen LogP contribution is 2.22. The number of anilines is 1. The van der Waals surface area contributed by atoms with E-state index in [2.05, 4.69) is 25.6 Å². The molecule has 0 unspecified atom stereocenters. The second-order valence-corrected chi connectivity index (χ2v) is 5.51. The minimum Gasteiger partial charge on any atom is -0.463 e. The van der Waals surface area contributed by atoms with Gasteiger partial charge in [-0.05, 0) is 36.4 Å². The van der Waals surface area contributed by atoms with Crippen LogP contribution in [0.3, 0.4) is 0 Å². The van der Waals surface area contributed by atoms with Crippen molar-refractivity contribution >= 4 is 22.6 Å². The average molecular weight is 345 g/mol. The first-order valence-electron chi connectivity index (χ1n) is 8.03. The van der Waals surface area contributed by atoms with E-state index in [-0.39, 0.29) is 12.6 Å². The van der Waals surface area contributed by atoms with E-state index in [1.807, 2.05) is 30.3 Å². The van der Waals surface area contributed by atoms with E-state index in [4.69, 9.17) is 4.42 Å². The molecule has 0 aliphatic heterocycles. The Bertz CT molecular complexity index is 1040. The van der Waals surface area contributed by atoms with Gasteiger partial charge in [-0.3, -0.25) is 9.97 Å². The lowest BCUT2D eigenvalue weighted by molar-refractivity contribution is 0.251. The Labute approximate surface area is 149 Å². The van der Waals surface area contributed by atoms with Crippen LogP contribution < -0.4 is 10.6 Å². The number of pyridine rings is 1. The van der Waals surface area contributed by atoms with E-state index in [1.165, 1.54) is 0 Å². The van der Waals surface area contributed by atoms with Crippen LogP contribution in [-0.2, 0) is 6.54 Å². The minimum absolute atomic E-state index is 0.221. The monoisotopic (exact) mass is 345 g/mol. The summed E-state index contributed by atoms with van der Waals surface area (Å²) in [6.45, 7) is 0.221. The van der Waals surface area contributed by atoms with Crippen molar-refractivity contribution in [1.82, 2.24) is 20.3 Å². The first kappa shape index (κ1) is 15.8. The molecule has 128 valence electrons. The van der Waals surface area contributed by atoms with Crippen LogP contribution in [0.25, 0.3) is 22.4 Å². The van der Waals surface area contributed by atoms with Gasteiger partial charge in [0, 0.05) is 24.0 Å². The van der Waals surface area contributed by atoms with Gasteiger partial charge >= 0.3 is 6.03 Å². The van der Waals surface area contributed by atoms with Crippen molar-refractivity contribution in [3.05, 3.63) is 73.0 Å². The number of carbonyl (C=O) groups is 1. The number of nitrogens with zero attached hydrogens (tertiary/aromatic N) is 3. The van der Waals surface area contributed by atoms with Crippen molar-refractivity contribution in [3.63, 3.8) is 0 Å². The predicted octanol–water partition coefficient (Wildman–Crippen LogP) is 3.61. The van der Waals surface area contributed by atoms with Gasteiger partial charge in [-0.1, -0.05) is 6.07 Å². The van der Waals surface area contributed by atoms with Gasteiger partial charge in [0.05, 0.1) is 29.7 Å². The number of hydrogen-bond acceptors (Lipinski definition) is 5. The Morgan fingerprint density at radius 2 is 1.88 bits per heavy atom. The van der Waals surface area contributed by atoms with Crippen LogP contribution in [0.15, 0.2) is 71.7 Å². The summed E-state index contributed by atoms with van der Waals surface area (Å²) in [5.41, 5.74) is 2.74. The molecule has 0 saturated carbocycles. The summed E-state index contributed by atoms with van der Waals surface area (Å²) in [6.07, 6.45) is 6.46. The van der Waals surface area contributed by atoms with Crippen molar-refractivity contribution in [1.29, 1.82) is 0 Å². The molecule has 0 fully saturated rings. The Morgan fingerprint density at radius 3 is 2.77 bits per heavy atom. The predicted molar refractivity (Wildman–Crippen MR) is 97.3 cm³/mol. The van der Waals surface area contributed by atoms with Gasteiger partial charge in [0.25, 0.3) is 0 Å². The third-order valence-electron chi connectivity index (χ3n) is 3.84. The molecule has 0 spiro atoms. The zero-order chi connectivity index (χ0) is 17.8. The number of rotatable bonds is 4. The molecular weight excluding hydrogens is 330 g/mol. The van der Waals surface area contributed by atoms with E-state index < -0.39 is 0 Å². The molecule has 3 heterocycles. The standard InChI is InChI=1S/C19H15N5O2/c25-19(24-15-6-1-5-14-13(15)4-2-8-20-14)23-12-16-18(22-10-9-21-16)17-7-3-11-26-17/h1-11H,12H2,(H2,23,24,25). The molecule has 1 aromatic carbocycles. The van der Waals surface area contributed by atoms with Crippen LogP contribution in [0.4, 0.5) is 10.5 Å². The summed E-state index contributed by atoms with van der Waals surface area (Å²) in [6, 6.07) is 12.6. The molecule has 3 aromatic heterocycles. The van der Waals surface area contributed by atoms with Crippen molar-refractivity contribution in [3.8, 4) is 11.5 Å². The molecule has 0 saturated heterocycles. The molecule has 0 aliphatic carbocycles. The highest BCUT2D eigenvalue weighted by molar-refractivity contribution is 6.00. The maximum absolute atomic E-state index is 12.3. The van der Waals surface area contributed by atoms with E-state index in [9.17, 15) is 4.79 Å². The summed E-state index contributed by atoms with van der Waals surface area (Å²) in [5.74, 6) is 0.607. The number of amides is 2. The quantitative estimate of drug-likeness (QED) is 0.589. The van der Waals surface area contributed by atoms with Gasteiger partial charge in [-0.15, -0.1) is 0 Å². The van der Waals surface area contributed by atoms with Crippen LogP contribution in [0.2, 0.25) is 0 Å². The van der Waals surface area contributed by atoms with E-state index in [0.717, 1.165) is 10.9 Å². The number of aromatic nitrogens is 3. The summed E-state index contributed by atoms with van der Waals surface area (Å²) in [7, 11) is 0. The van der Waals surface area contributed by atoms with Crippen molar-refractivity contribution < 1.29 is 9.21 Å². The summed E-state index contributed by atoms with van der Waals surface area (Å²) in [4.78, 5) is 25.2. The van der Waals surface area contributed by atoms with Crippen LogP contribution in [0.1, 0.15) is 5.69 Å². The molecule has 4 rings (SSSR count). The van der Waals surface area contributed by atoms with Crippen molar-refractivity contribution in [2.24, 2.45) is 0 Å². The first-order chi connectivity index (χ1) is 12.8. The zero-order valence-corrected chi connectivity index (χ0v) is 13.7. The fourth-order valence-electron chi connectivity index (χ4n) is 2.66. The molecular formula is C19H15N5O2. The van der Waals surface area contributed by atoms with Gasteiger partial charge in [-0.25, -0.2) is 9.78 Å². The largest absolute Gasteiger partial charge is 0.463 e. The van der Waals surface area contributed by atoms with E-state index >= 15 is 0 Å². The molecule has 0 atom stereocenters. The minimum atomic E-state index is -0.336. The average Bonchev–Trinajstić information content (AvgIpc) is 3.21. The molecule has 7 heteroatoms. The molecule has 0 bridgehead atoms. The fourth-order valence-corrected chi connectivity index (χ4v) is 2.66. The summed E-state index contributed by atoms with van der Waals surface area (Å²) < 4.78 is 5.37. The lowest BCUT2D eigenvalue weighted by Crippen LogP contribution is -2.29. The maximum atomic E-state index is 12.3. The second kappa shape index (κ2) is 7.02. The van der Waals surface area contributed by atoms with Crippen LogP contribution in [-0.4, -0.2) is 21.0 Å². The Kier molecular flexibility index (Phi) is 4.26. The highest BCUT2D eigenvalue weighted by Gasteiger charge is 2.12. The Morgan fingerprint density at radius 1 is 0.962 bits per heavy atom. The third kappa shape index (κ3) is 3.23. The SMILES string of the molecule is O=C(NCc1nccnc1-c1ccco1)Nc1cccc2ncccc12. The van der Waals surface area contributed by atoms with Crippen LogP contribution >= 0.6 is 0 Å². The molecule has 4 aromatic rings. The number of urea groups is 1. The molecule has 26 heavy (non-hydrogen) atoms. The van der Waals surface area contributed by atoms with Gasteiger partial charge in [-0.2, -0.15) is 0 Å². The lowest BCUT2D eigenvalue weighted by Gasteiger charge is -2.10. The molecule has 2 amide bonds. The normalized spacial score (nSPS) is 10.6. The van der Waals surface area contributed by atoms with Crippen molar-refractivity contribution in [2.45, 2.75) is 6.54 Å².